The Morgan fingerprint density at radius 1 is 1.14 bits per heavy atom. The van der Waals surface area contributed by atoms with Crippen LogP contribution in [0.4, 0.5) is 0 Å². The lowest BCUT2D eigenvalue weighted by Crippen LogP contribution is -2.46. The monoisotopic (exact) mass is 397 g/mol. The molecule has 2 aromatic heterocycles. The lowest BCUT2D eigenvalue weighted by atomic mass is 10.2. The van der Waals surface area contributed by atoms with E-state index in [1.807, 2.05) is 18.2 Å². The standard InChI is InChI=1S/C21H27N5O3/c1-2-24-10-12-25(13-11-24)9-5-8-22-19(27)15-26-20-16-6-3-4-7-18(16)29-21(28)17(20)14-23-26/h3-4,6-7,14H,2,5,8-13,15H2,1H3,(H,22,27). The second-order valence-electron chi connectivity index (χ2n) is 7.43. The molecule has 154 valence electrons. The van der Waals surface area contributed by atoms with Gasteiger partial charge in [-0.25, -0.2) is 4.79 Å². The second-order valence-corrected chi connectivity index (χ2v) is 7.43. The van der Waals surface area contributed by atoms with Gasteiger partial charge in [0.05, 0.1) is 11.7 Å². The van der Waals surface area contributed by atoms with Crippen molar-refractivity contribution in [3.05, 3.63) is 40.9 Å². The number of para-hydroxylation sites is 1. The highest BCUT2D eigenvalue weighted by atomic mass is 16.4. The Morgan fingerprint density at radius 3 is 2.69 bits per heavy atom. The van der Waals surface area contributed by atoms with E-state index in [-0.39, 0.29) is 12.5 Å². The van der Waals surface area contributed by atoms with Crippen LogP contribution in [-0.2, 0) is 11.3 Å². The van der Waals surface area contributed by atoms with E-state index in [0.717, 1.165) is 51.1 Å². The molecule has 8 heteroatoms. The predicted molar refractivity (Wildman–Crippen MR) is 112 cm³/mol. The van der Waals surface area contributed by atoms with Crippen LogP contribution in [0.2, 0.25) is 0 Å². The van der Waals surface area contributed by atoms with Gasteiger partial charge in [-0.1, -0.05) is 19.1 Å². The van der Waals surface area contributed by atoms with E-state index in [2.05, 4.69) is 27.1 Å². The molecule has 0 radical (unpaired) electrons. The lowest BCUT2D eigenvalue weighted by Gasteiger charge is -2.33. The van der Waals surface area contributed by atoms with Gasteiger partial charge in [0.25, 0.3) is 0 Å². The molecular weight excluding hydrogens is 370 g/mol. The van der Waals surface area contributed by atoms with E-state index < -0.39 is 5.63 Å². The molecule has 8 nitrogen and oxygen atoms in total. The molecule has 3 aromatic rings. The van der Waals surface area contributed by atoms with Crippen molar-refractivity contribution in [2.24, 2.45) is 0 Å². The fraction of sp³-hybridized carbons (Fsp3) is 0.476. The van der Waals surface area contributed by atoms with Gasteiger partial charge in [0.2, 0.25) is 5.91 Å². The van der Waals surface area contributed by atoms with Crippen LogP contribution in [0.15, 0.2) is 39.7 Å². The number of likely N-dealkylation sites (N-methyl/N-ethyl adjacent to an activating group) is 1. The molecular formula is C21H27N5O3. The van der Waals surface area contributed by atoms with Gasteiger partial charge in [-0.05, 0) is 31.6 Å². The summed E-state index contributed by atoms with van der Waals surface area (Å²) in [5, 5.41) is 8.38. The normalized spacial score (nSPS) is 15.9. The maximum atomic E-state index is 12.4. The van der Waals surface area contributed by atoms with Crippen molar-refractivity contribution in [3.63, 3.8) is 0 Å². The maximum Gasteiger partial charge on any atom is 0.347 e. The van der Waals surface area contributed by atoms with Gasteiger partial charge in [0.1, 0.15) is 17.5 Å². The highest BCUT2D eigenvalue weighted by Crippen LogP contribution is 2.22. The molecule has 1 fully saturated rings. The second kappa shape index (κ2) is 8.75. The van der Waals surface area contributed by atoms with Crippen molar-refractivity contribution in [3.8, 4) is 0 Å². The molecule has 1 amide bonds. The number of benzene rings is 1. The molecule has 0 aliphatic carbocycles. The van der Waals surface area contributed by atoms with Gasteiger partial charge in [-0.2, -0.15) is 5.10 Å². The summed E-state index contributed by atoms with van der Waals surface area (Å²) in [7, 11) is 0. The largest absolute Gasteiger partial charge is 0.422 e. The first kappa shape index (κ1) is 19.6. The molecule has 0 atom stereocenters. The minimum Gasteiger partial charge on any atom is -0.422 e. The number of nitrogens with zero attached hydrogens (tertiary/aromatic N) is 4. The fourth-order valence-corrected chi connectivity index (χ4v) is 3.90. The minimum absolute atomic E-state index is 0.0755. The van der Waals surface area contributed by atoms with Crippen LogP contribution < -0.4 is 10.9 Å². The first-order valence-corrected chi connectivity index (χ1v) is 10.2. The molecule has 1 aliphatic heterocycles. The molecule has 1 aliphatic rings. The Hall–Kier alpha value is -2.71. The molecule has 1 saturated heterocycles. The third kappa shape index (κ3) is 4.33. The van der Waals surface area contributed by atoms with Gasteiger partial charge in [-0.3, -0.25) is 9.48 Å². The van der Waals surface area contributed by atoms with Gasteiger partial charge < -0.3 is 19.5 Å². The van der Waals surface area contributed by atoms with Crippen LogP contribution in [0.5, 0.6) is 0 Å². The summed E-state index contributed by atoms with van der Waals surface area (Å²) in [5.41, 5.74) is 0.699. The third-order valence-corrected chi connectivity index (χ3v) is 5.58. The molecule has 0 saturated carbocycles. The smallest absolute Gasteiger partial charge is 0.347 e. The van der Waals surface area contributed by atoms with Crippen molar-refractivity contribution in [1.29, 1.82) is 0 Å². The number of piperazine rings is 1. The van der Waals surface area contributed by atoms with Crippen molar-refractivity contribution < 1.29 is 9.21 Å². The van der Waals surface area contributed by atoms with Crippen LogP contribution in [0.3, 0.4) is 0 Å². The van der Waals surface area contributed by atoms with Gasteiger partial charge in [0, 0.05) is 38.1 Å². The van der Waals surface area contributed by atoms with E-state index in [1.165, 1.54) is 6.20 Å². The summed E-state index contributed by atoms with van der Waals surface area (Å²) >= 11 is 0. The zero-order chi connectivity index (χ0) is 20.2. The van der Waals surface area contributed by atoms with Crippen molar-refractivity contribution in [1.82, 2.24) is 24.9 Å². The number of aromatic nitrogens is 2. The number of hydrogen-bond acceptors (Lipinski definition) is 6. The summed E-state index contributed by atoms with van der Waals surface area (Å²) < 4.78 is 6.90. The van der Waals surface area contributed by atoms with Gasteiger partial charge >= 0.3 is 5.63 Å². The topological polar surface area (TPSA) is 83.6 Å². The van der Waals surface area contributed by atoms with Crippen molar-refractivity contribution in [2.75, 3.05) is 45.8 Å². The number of carbonyl (C=O) groups is 1. The number of rotatable bonds is 7. The lowest BCUT2D eigenvalue weighted by molar-refractivity contribution is -0.121. The molecule has 0 spiro atoms. The summed E-state index contributed by atoms with van der Waals surface area (Å²) in [5.74, 6) is -0.108. The third-order valence-electron chi connectivity index (χ3n) is 5.58. The van der Waals surface area contributed by atoms with E-state index in [4.69, 9.17) is 4.42 Å². The average molecular weight is 397 g/mol. The maximum absolute atomic E-state index is 12.4. The Labute approximate surface area is 169 Å². The van der Waals surface area contributed by atoms with Crippen molar-refractivity contribution >= 4 is 27.8 Å². The first-order chi connectivity index (χ1) is 14.2. The van der Waals surface area contributed by atoms with E-state index in [1.54, 1.807) is 10.7 Å². The highest BCUT2D eigenvalue weighted by molar-refractivity contribution is 6.02. The SMILES string of the molecule is CCN1CCN(CCCNC(=O)Cn2ncc3c(=O)oc4ccccc4c32)CC1. The number of hydrogen-bond donors (Lipinski definition) is 1. The summed E-state index contributed by atoms with van der Waals surface area (Å²) in [6.07, 6.45) is 2.39. The zero-order valence-corrected chi connectivity index (χ0v) is 16.8. The first-order valence-electron chi connectivity index (χ1n) is 10.2. The summed E-state index contributed by atoms with van der Waals surface area (Å²) in [6, 6.07) is 7.30. The van der Waals surface area contributed by atoms with Gasteiger partial charge in [-0.15, -0.1) is 0 Å². The summed E-state index contributed by atoms with van der Waals surface area (Å²) in [4.78, 5) is 29.5. The Bertz CT molecular complexity index is 1050. The van der Waals surface area contributed by atoms with Crippen LogP contribution in [0.25, 0.3) is 21.9 Å². The van der Waals surface area contributed by atoms with Gasteiger partial charge in [0.15, 0.2) is 0 Å². The van der Waals surface area contributed by atoms with Crippen LogP contribution in [0, 0.1) is 0 Å². The molecule has 0 unspecified atom stereocenters. The molecule has 1 aromatic carbocycles. The predicted octanol–water partition coefficient (Wildman–Crippen LogP) is 1.29. The highest BCUT2D eigenvalue weighted by Gasteiger charge is 2.16. The molecule has 1 N–H and O–H groups in total. The molecule has 3 heterocycles. The van der Waals surface area contributed by atoms with Crippen LogP contribution in [-0.4, -0.2) is 71.3 Å². The zero-order valence-electron chi connectivity index (χ0n) is 16.8. The molecule has 4 rings (SSSR count). The minimum atomic E-state index is -0.437. The Balaban J connectivity index is 1.33. The van der Waals surface area contributed by atoms with E-state index in [0.29, 0.717) is 23.0 Å². The average Bonchev–Trinajstić information content (AvgIpc) is 3.16. The van der Waals surface area contributed by atoms with E-state index >= 15 is 0 Å². The number of amides is 1. The summed E-state index contributed by atoms with van der Waals surface area (Å²) in [6.45, 7) is 9.45. The Kier molecular flexibility index (Phi) is 5.92. The number of fused-ring (bicyclic) bond motifs is 3. The number of carbonyl (C=O) groups excluding carboxylic acids is 1. The quantitative estimate of drug-likeness (QED) is 0.478. The molecule has 29 heavy (non-hydrogen) atoms. The van der Waals surface area contributed by atoms with E-state index in [9.17, 15) is 9.59 Å². The fourth-order valence-electron chi connectivity index (χ4n) is 3.90. The van der Waals surface area contributed by atoms with Crippen LogP contribution >= 0.6 is 0 Å². The molecule has 0 bridgehead atoms. The number of nitrogens with one attached hydrogen (secondary N) is 1. The van der Waals surface area contributed by atoms with Crippen LogP contribution in [0.1, 0.15) is 13.3 Å². The Morgan fingerprint density at radius 2 is 1.90 bits per heavy atom. The van der Waals surface area contributed by atoms with Crippen molar-refractivity contribution in [2.45, 2.75) is 19.9 Å².